The van der Waals surface area contributed by atoms with Crippen LogP contribution in [0.15, 0.2) is 59.0 Å². The molecule has 0 radical (unpaired) electrons. The van der Waals surface area contributed by atoms with Crippen molar-refractivity contribution in [3.63, 3.8) is 0 Å². The van der Waals surface area contributed by atoms with Crippen molar-refractivity contribution in [2.24, 2.45) is 0 Å². The van der Waals surface area contributed by atoms with Crippen LogP contribution in [0.1, 0.15) is 10.6 Å². The molecule has 0 aliphatic carbocycles. The normalized spacial score (nSPS) is 11.0. The molecule has 124 valence electrons. The van der Waals surface area contributed by atoms with Gasteiger partial charge in [0.2, 0.25) is 0 Å². The number of benzene rings is 2. The van der Waals surface area contributed by atoms with Crippen molar-refractivity contribution in [2.45, 2.75) is 0 Å². The molecule has 1 amide bonds. The van der Waals surface area contributed by atoms with Crippen LogP contribution >= 0.6 is 11.3 Å². The zero-order chi connectivity index (χ0) is 17.4. The number of halogens is 2. The SMILES string of the molecule is O=C(Nc1ccc(F)c(F)c1)c1ccc(-c2nc3ccccc3s2)o1. The Morgan fingerprint density at radius 3 is 2.68 bits per heavy atom. The molecule has 0 spiro atoms. The van der Waals surface area contributed by atoms with Crippen LogP contribution in [0.5, 0.6) is 0 Å². The number of rotatable bonds is 3. The summed E-state index contributed by atoms with van der Waals surface area (Å²) in [7, 11) is 0. The summed E-state index contributed by atoms with van der Waals surface area (Å²) in [6.45, 7) is 0. The number of hydrogen-bond donors (Lipinski definition) is 1. The van der Waals surface area contributed by atoms with Crippen LogP contribution in [-0.4, -0.2) is 10.9 Å². The van der Waals surface area contributed by atoms with Gasteiger partial charge in [-0.2, -0.15) is 0 Å². The van der Waals surface area contributed by atoms with Crippen LogP contribution in [0.3, 0.4) is 0 Å². The standard InChI is InChI=1S/C18H10F2N2O2S/c19-11-6-5-10(9-12(11)20)21-17(23)14-7-8-15(24-14)18-22-13-3-1-2-4-16(13)25-18/h1-9H,(H,21,23). The van der Waals surface area contributed by atoms with Crippen LogP contribution in [0.4, 0.5) is 14.5 Å². The molecular weight excluding hydrogens is 346 g/mol. The van der Waals surface area contributed by atoms with Gasteiger partial charge in [-0.25, -0.2) is 13.8 Å². The van der Waals surface area contributed by atoms with E-state index in [0.29, 0.717) is 10.8 Å². The van der Waals surface area contributed by atoms with Crippen molar-refractivity contribution < 1.29 is 18.0 Å². The molecule has 4 rings (SSSR count). The van der Waals surface area contributed by atoms with E-state index in [0.717, 1.165) is 22.3 Å². The molecule has 0 saturated heterocycles. The molecule has 0 aliphatic heterocycles. The first-order chi connectivity index (χ1) is 12.1. The molecule has 4 nitrogen and oxygen atoms in total. The first kappa shape index (κ1) is 15.5. The van der Waals surface area contributed by atoms with Crippen LogP contribution in [0.2, 0.25) is 0 Å². The minimum Gasteiger partial charge on any atom is -0.448 e. The van der Waals surface area contributed by atoms with Crippen LogP contribution in [0.25, 0.3) is 21.0 Å². The molecule has 0 bridgehead atoms. The lowest BCUT2D eigenvalue weighted by molar-refractivity contribution is 0.0997. The monoisotopic (exact) mass is 356 g/mol. The Hall–Kier alpha value is -3.06. The number of amides is 1. The maximum absolute atomic E-state index is 13.2. The number of furan rings is 1. The molecule has 25 heavy (non-hydrogen) atoms. The third-order valence-corrected chi connectivity index (χ3v) is 4.56. The summed E-state index contributed by atoms with van der Waals surface area (Å²) >= 11 is 1.46. The van der Waals surface area contributed by atoms with Crippen molar-refractivity contribution in [1.29, 1.82) is 0 Å². The van der Waals surface area contributed by atoms with Gasteiger partial charge in [-0.15, -0.1) is 11.3 Å². The Kier molecular flexibility index (Phi) is 3.77. The maximum Gasteiger partial charge on any atom is 0.291 e. The van der Waals surface area contributed by atoms with Crippen molar-refractivity contribution in [1.82, 2.24) is 4.98 Å². The molecule has 4 aromatic rings. The van der Waals surface area contributed by atoms with E-state index in [1.165, 1.54) is 23.5 Å². The number of anilines is 1. The highest BCUT2D eigenvalue weighted by atomic mass is 32.1. The molecule has 2 heterocycles. The van der Waals surface area contributed by atoms with E-state index in [4.69, 9.17) is 4.42 Å². The average molecular weight is 356 g/mol. The Bertz CT molecular complexity index is 1050. The Morgan fingerprint density at radius 1 is 1.04 bits per heavy atom. The number of nitrogens with zero attached hydrogens (tertiary/aromatic N) is 1. The lowest BCUT2D eigenvalue weighted by Gasteiger charge is -2.03. The molecule has 2 aromatic carbocycles. The van der Waals surface area contributed by atoms with E-state index in [1.807, 2.05) is 24.3 Å². The molecule has 0 fully saturated rings. The average Bonchev–Trinajstić information content (AvgIpc) is 3.24. The lowest BCUT2D eigenvalue weighted by atomic mass is 10.3. The minimum absolute atomic E-state index is 0.0546. The smallest absolute Gasteiger partial charge is 0.291 e. The molecule has 0 atom stereocenters. The summed E-state index contributed by atoms with van der Waals surface area (Å²) in [5.41, 5.74) is 0.994. The molecule has 2 aromatic heterocycles. The Morgan fingerprint density at radius 2 is 1.88 bits per heavy atom. The third-order valence-electron chi connectivity index (χ3n) is 3.51. The first-order valence-electron chi connectivity index (χ1n) is 7.32. The highest BCUT2D eigenvalue weighted by Crippen LogP contribution is 2.31. The second kappa shape index (κ2) is 6.10. The van der Waals surface area contributed by atoms with E-state index >= 15 is 0 Å². The zero-order valence-electron chi connectivity index (χ0n) is 12.6. The summed E-state index contributed by atoms with van der Waals surface area (Å²) in [5, 5.41) is 3.12. The van der Waals surface area contributed by atoms with Gasteiger partial charge in [0.15, 0.2) is 28.2 Å². The quantitative estimate of drug-likeness (QED) is 0.556. The predicted molar refractivity (Wildman–Crippen MR) is 91.6 cm³/mol. The second-order valence-corrected chi connectivity index (χ2v) is 6.26. The van der Waals surface area contributed by atoms with E-state index < -0.39 is 17.5 Å². The summed E-state index contributed by atoms with van der Waals surface area (Å²) in [6, 6.07) is 14.0. The topological polar surface area (TPSA) is 55.1 Å². The summed E-state index contributed by atoms with van der Waals surface area (Å²) < 4.78 is 32.7. The number of fused-ring (bicyclic) bond motifs is 1. The van der Waals surface area contributed by atoms with Crippen LogP contribution in [0, 0.1) is 11.6 Å². The number of aromatic nitrogens is 1. The number of thiazole rings is 1. The van der Waals surface area contributed by atoms with E-state index in [1.54, 1.807) is 6.07 Å². The van der Waals surface area contributed by atoms with E-state index in [9.17, 15) is 13.6 Å². The van der Waals surface area contributed by atoms with Crippen molar-refractivity contribution >= 4 is 33.1 Å². The lowest BCUT2D eigenvalue weighted by Crippen LogP contribution is -2.11. The molecule has 7 heteroatoms. The molecule has 1 N–H and O–H groups in total. The van der Waals surface area contributed by atoms with Crippen LogP contribution in [-0.2, 0) is 0 Å². The minimum atomic E-state index is -1.03. The number of carbonyl (C=O) groups excluding carboxylic acids is 1. The molecule has 0 unspecified atom stereocenters. The largest absolute Gasteiger partial charge is 0.448 e. The number of nitrogens with one attached hydrogen (secondary N) is 1. The summed E-state index contributed by atoms with van der Waals surface area (Å²) in [6.07, 6.45) is 0. The Balaban J connectivity index is 1.57. The van der Waals surface area contributed by atoms with Crippen molar-refractivity contribution in [2.75, 3.05) is 5.32 Å². The van der Waals surface area contributed by atoms with Gasteiger partial charge in [0.1, 0.15) is 0 Å². The van der Waals surface area contributed by atoms with Gasteiger partial charge >= 0.3 is 0 Å². The zero-order valence-corrected chi connectivity index (χ0v) is 13.4. The molecular formula is C18H10F2N2O2S. The fourth-order valence-corrected chi connectivity index (χ4v) is 3.25. The highest BCUT2D eigenvalue weighted by molar-refractivity contribution is 7.21. The van der Waals surface area contributed by atoms with Crippen molar-refractivity contribution in [3.8, 4) is 10.8 Å². The number of para-hydroxylation sites is 1. The molecule has 0 saturated carbocycles. The summed E-state index contributed by atoms with van der Waals surface area (Å²) in [5.74, 6) is -2.05. The number of hydrogen-bond acceptors (Lipinski definition) is 4. The van der Waals surface area contributed by atoms with Gasteiger partial charge in [0.25, 0.3) is 5.91 Å². The summed E-state index contributed by atoms with van der Waals surface area (Å²) in [4.78, 5) is 16.7. The highest BCUT2D eigenvalue weighted by Gasteiger charge is 2.15. The maximum atomic E-state index is 13.2. The second-order valence-electron chi connectivity index (χ2n) is 5.23. The van der Waals surface area contributed by atoms with Gasteiger partial charge in [0, 0.05) is 11.8 Å². The molecule has 0 aliphatic rings. The fraction of sp³-hybridized carbons (Fsp3) is 0. The third kappa shape index (κ3) is 3.01. The van der Waals surface area contributed by atoms with Gasteiger partial charge < -0.3 is 9.73 Å². The van der Waals surface area contributed by atoms with E-state index in [-0.39, 0.29) is 11.4 Å². The predicted octanol–water partition coefficient (Wildman–Crippen LogP) is 5.09. The number of carbonyl (C=O) groups is 1. The van der Waals surface area contributed by atoms with Gasteiger partial charge in [-0.3, -0.25) is 4.79 Å². The van der Waals surface area contributed by atoms with Gasteiger partial charge in [0.05, 0.1) is 10.2 Å². The van der Waals surface area contributed by atoms with Gasteiger partial charge in [-0.1, -0.05) is 12.1 Å². The van der Waals surface area contributed by atoms with E-state index in [2.05, 4.69) is 10.3 Å². The Labute approximate surface area is 144 Å². The van der Waals surface area contributed by atoms with Gasteiger partial charge in [-0.05, 0) is 36.4 Å². The fourth-order valence-electron chi connectivity index (χ4n) is 2.32. The first-order valence-corrected chi connectivity index (χ1v) is 8.14. The van der Waals surface area contributed by atoms with Crippen LogP contribution < -0.4 is 5.32 Å². The van der Waals surface area contributed by atoms with Crippen molar-refractivity contribution in [3.05, 3.63) is 72.0 Å².